The number of alkyl carbamates (subject to hydrolysis) is 1. The van der Waals surface area contributed by atoms with Crippen LogP contribution < -0.4 is 16.2 Å². The van der Waals surface area contributed by atoms with Gasteiger partial charge in [-0.2, -0.15) is 5.10 Å². The second-order valence-electron chi connectivity index (χ2n) is 9.29. The van der Waals surface area contributed by atoms with Crippen molar-refractivity contribution in [3.63, 3.8) is 0 Å². The molecule has 8 nitrogen and oxygen atoms in total. The molecule has 0 unspecified atom stereocenters. The van der Waals surface area contributed by atoms with E-state index in [2.05, 4.69) is 15.7 Å². The van der Waals surface area contributed by atoms with E-state index in [4.69, 9.17) is 4.74 Å². The molecule has 1 aliphatic carbocycles. The van der Waals surface area contributed by atoms with E-state index in [1.807, 2.05) is 32.9 Å². The van der Waals surface area contributed by atoms with Gasteiger partial charge in [-0.05, 0) is 39.7 Å². The molecule has 0 spiro atoms. The zero-order chi connectivity index (χ0) is 22.5. The number of hydrogen-bond acceptors (Lipinski definition) is 5. The summed E-state index contributed by atoms with van der Waals surface area (Å²) in [5.74, 6) is -0.320. The highest BCUT2D eigenvalue weighted by atomic mass is 16.6. The number of fused-ring (bicyclic) bond motifs is 1. The van der Waals surface area contributed by atoms with Gasteiger partial charge in [-0.1, -0.05) is 43.9 Å². The molecule has 31 heavy (non-hydrogen) atoms. The van der Waals surface area contributed by atoms with Crippen molar-refractivity contribution in [2.24, 2.45) is 0 Å². The zero-order valence-electron chi connectivity index (χ0n) is 18.6. The summed E-state index contributed by atoms with van der Waals surface area (Å²) in [6.45, 7) is 5.58. The first kappa shape index (κ1) is 22.8. The van der Waals surface area contributed by atoms with Crippen molar-refractivity contribution in [3.05, 3.63) is 40.8 Å². The lowest BCUT2D eigenvalue weighted by Crippen LogP contribution is -2.56. The molecule has 2 amide bonds. The smallest absolute Gasteiger partial charge is 0.408 e. The first-order valence-corrected chi connectivity index (χ1v) is 10.9. The lowest BCUT2D eigenvalue weighted by atomic mass is 9.90. The van der Waals surface area contributed by atoms with Gasteiger partial charge >= 0.3 is 6.09 Å². The monoisotopic (exact) mass is 428 g/mol. The lowest BCUT2D eigenvalue weighted by molar-refractivity contribution is -0.122. The first-order chi connectivity index (χ1) is 14.7. The minimum Gasteiger partial charge on any atom is -0.444 e. The van der Waals surface area contributed by atoms with Crippen LogP contribution in [0.4, 0.5) is 4.79 Å². The SMILES string of the molecule is CC(C)(C)OC(=O)NC1(CNC(=O)Cn2ncc3ccccc3c2=O)CCCCCC1. The van der Waals surface area contributed by atoms with Crippen molar-refractivity contribution in [2.75, 3.05) is 6.54 Å². The summed E-state index contributed by atoms with van der Waals surface area (Å²) in [7, 11) is 0. The third kappa shape index (κ3) is 6.29. The fourth-order valence-electron chi connectivity index (χ4n) is 3.97. The van der Waals surface area contributed by atoms with Gasteiger partial charge < -0.3 is 15.4 Å². The Morgan fingerprint density at radius 3 is 2.48 bits per heavy atom. The third-order valence-corrected chi connectivity index (χ3v) is 5.51. The maximum absolute atomic E-state index is 12.6. The Kier molecular flexibility index (Phi) is 6.97. The standard InChI is InChI=1S/C23H32N4O4/c1-22(2,3)31-21(30)26-23(12-8-4-5-9-13-23)16-24-19(28)15-27-20(29)18-11-7-6-10-17(18)14-25-27/h6-7,10-11,14H,4-5,8-9,12-13,15-16H2,1-3H3,(H,24,28)(H,26,30). The summed E-state index contributed by atoms with van der Waals surface area (Å²) in [5.41, 5.74) is -1.46. The molecular weight excluding hydrogens is 396 g/mol. The van der Waals surface area contributed by atoms with Gasteiger partial charge in [0.2, 0.25) is 5.91 Å². The van der Waals surface area contributed by atoms with E-state index in [-0.39, 0.29) is 24.6 Å². The number of carbonyl (C=O) groups excluding carboxylic acids is 2. The highest BCUT2D eigenvalue weighted by Gasteiger charge is 2.34. The van der Waals surface area contributed by atoms with Gasteiger partial charge in [-0.3, -0.25) is 9.59 Å². The van der Waals surface area contributed by atoms with Crippen LogP contribution in [-0.4, -0.2) is 39.5 Å². The largest absolute Gasteiger partial charge is 0.444 e. The van der Waals surface area contributed by atoms with Crippen LogP contribution in [0.3, 0.4) is 0 Å². The Bertz CT molecular complexity index is 985. The maximum atomic E-state index is 12.6. The molecule has 0 saturated heterocycles. The normalized spacial score (nSPS) is 16.4. The molecule has 1 aromatic heterocycles. The molecule has 1 aliphatic rings. The van der Waals surface area contributed by atoms with Gasteiger partial charge in [0.05, 0.1) is 17.1 Å². The number of amides is 2. The number of carbonyl (C=O) groups is 2. The number of nitrogens with one attached hydrogen (secondary N) is 2. The van der Waals surface area contributed by atoms with Gasteiger partial charge in [-0.25, -0.2) is 9.48 Å². The van der Waals surface area contributed by atoms with Crippen LogP contribution in [0.2, 0.25) is 0 Å². The summed E-state index contributed by atoms with van der Waals surface area (Å²) < 4.78 is 6.61. The number of rotatable bonds is 5. The van der Waals surface area contributed by atoms with E-state index in [1.165, 1.54) is 4.68 Å². The van der Waals surface area contributed by atoms with Gasteiger partial charge in [0.1, 0.15) is 12.1 Å². The van der Waals surface area contributed by atoms with Crippen LogP contribution in [0.25, 0.3) is 10.8 Å². The van der Waals surface area contributed by atoms with Crippen molar-refractivity contribution >= 4 is 22.8 Å². The lowest BCUT2D eigenvalue weighted by Gasteiger charge is -2.35. The van der Waals surface area contributed by atoms with E-state index in [0.29, 0.717) is 5.39 Å². The van der Waals surface area contributed by atoms with Gasteiger partial charge in [-0.15, -0.1) is 0 Å². The molecule has 168 valence electrons. The highest BCUT2D eigenvalue weighted by molar-refractivity contribution is 5.81. The topological polar surface area (TPSA) is 102 Å². The maximum Gasteiger partial charge on any atom is 0.408 e. The van der Waals surface area contributed by atoms with Crippen LogP contribution in [0.5, 0.6) is 0 Å². The minimum atomic E-state index is -0.595. The second-order valence-corrected chi connectivity index (χ2v) is 9.29. The van der Waals surface area contributed by atoms with E-state index < -0.39 is 17.2 Å². The van der Waals surface area contributed by atoms with Crippen LogP contribution in [-0.2, 0) is 16.1 Å². The summed E-state index contributed by atoms with van der Waals surface area (Å²) in [5, 5.41) is 11.3. The molecule has 2 N–H and O–H groups in total. The molecular formula is C23H32N4O4. The highest BCUT2D eigenvalue weighted by Crippen LogP contribution is 2.27. The number of aromatic nitrogens is 2. The average molecular weight is 429 g/mol. The fourth-order valence-corrected chi connectivity index (χ4v) is 3.97. The fraction of sp³-hybridized carbons (Fsp3) is 0.565. The first-order valence-electron chi connectivity index (χ1n) is 10.9. The molecule has 0 radical (unpaired) electrons. The number of benzene rings is 1. The Labute approximate surface area is 182 Å². The zero-order valence-corrected chi connectivity index (χ0v) is 18.6. The molecule has 1 heterocycles. The molecule has 2 aromatic rings. The Balaban J connectivity index is 1.68. The average Bonchev–Trinajstić information content (AvgIpc) is 2.93. The molecule has 0 aliphatic heterocycles. The van der Waals surface area contributed by atoms with Crippen molar-refractivity contribution < 1.29 is 14.3 Å². The van der Waals surface area contributed by atoms with E-state index >= 15 is 0 Å². The van der Waals surface area contributed by atoms with Gasteiger partial charge in [0.25, 0.3) is 5.56 Å². The predicted octanol–water partition coefficient (Wildman–Crippen LogP) is 3.13. The Morgan fingerprint density at radius 1 is 1.13 bits per heavy atom. The van der Waals surface area contributed by atoms with Crippen LogP contribution in [0, 0.1) is 0 Å². The van der Waals surface area contributed by atoms with E-state index in [9.17, 15) is 14.4 Å². The van der Waals surface area contributed by atoms with Gasteiger partial charge in [0.15, 0.2) is 0 Å². The van der Waals surface area contributed by atoms with Crippen LogP contribution in [0.1, 0.15) is 59.3 Å². The third-order valence-electron chi connectivity index (χ3n) is 5.51. The molecule has 3 rings (SSSR count). The van der Waals surface area contributed by atoms with Crippen molar-refractivity contribution in [1.82, 2.24) is 20.4 Å². The molecule has 1 aromatic carbocycles. The Hall–Kier alpha value is -2.90. The summed E-state index contributed by atoms with van der Waals surface area (Å²) in [6.07, 6.45) is 6.78. The molecule has 0 bridgehead atoms. The van der Waals surface area contributed by atoms with Crippen LogP contribution in [0.15, 0.2) is 35.3 Å². The summed E-state index contributed by atoms with van der Waals surface area (Å²) in [6, 6.07) is 7.15. The molecule has 1 fully saturated rings. The summed E-state index contributed by atoms with van der Waals surface area (Å²) in [4.78, 5) is 37.7. The second kappa shape index (κ2) is 9.49. The molecule has 0 atom stereocenters. The number of ether oxygens (including phenoxy) is 1. The Morgan fingerprint density at radius 2 is 1.81 bits per heavy atom. The molecule has 1 saturated carbocycles. The van der Waals surface area contributed by atoms with Crippen molar-refractivity contribution in [3.8, 4) is 0 Å². The van der Waals surface area contributed by atoms with Gasteiger partial charge in [0, 0.05) is 11.9 Å². The molecule has 8 heteroatoms. The quantitative estimate of drug-likeness (QED) is 0.713. The number of hydrogen-bond donors (Lipinski definition) is 2. The van der Waals surface area contributed by atoms with Crippen molar-refractivity contribution in [1.29, 1.82) is 0 Å². The predicted molar refractivity (Wildman–Crippen MR) is 119 cm³/mol. The van der Waals surface area contributed by atoms with Crippen LogP contribution >= 0.6 is 0 Å². The number of nitrogens with zero attached hydrogens (tertiary/aromatic N) is 2. The van der Waals surface area contributed by atoms with E-state index in [0.717, 1.165) is 43.9 Å². The van der Waals surface area contributed by atoms with E-state index in [1.54, 1.807) is 18.3 Å². The van der Waals surface area contributed by atoms with Crippen molar-refractivity contribution in [2.45, 2.75) is 77.0 Å². The minimum absolute atomic E-state index is 0.174. The summed E-state index contributed by atoms with van der Waals surface area (Å²) >= 11 is 0.